The van der Waals surface area contributed by atoms with Gasteiger partial charge in [-0.25, -0.2) is 0 Å². The number of nitriles is 1. The first-order valence-corrected chi connectivity index (χ1v) is 7.78. The van der Waals surface area contributed by atoms with E-state index in [0.717, 1.165) is 36.8 Å². The van der Waals surface area contributed by atoms with E-state index in [1.807, 2.05) is 12.1 Å². The largest absolute Gasteiger partial charge is 0.314 e. The van der Waals surface area contributed by atoms with Crippen LogP contribution in [0.15, 0.2) is 24.3 Å². The Hall–Kier alpha value is -1.37. The summed E-state index contributed by atoms with van der Waals surface area (Å²) in [6, 6.07) is 12.5. The Labute approximate surface area is 121 Å². The monoisotopic (exact) mass is 269 g/mol. The van der Waals surface area contributed by atoms with Crippen LogP contribution in [-0.4, -0.2) is 29.6 Å². The standard InChI is InChI=1S/C17H23N3/c1-2-19-15-9-16-7-8-17(10-15)20(16)12-14-5-3-13(11-18)4-6-14/h3-6,15-17,19H,2,7-10,12H2,1H3. The van der Waals surface area contributed by atoms with Gasteiger partial charge in [-0.15, -0.1) is 0 Å². The molecule has 2 aliphatic heterocycles. The zero-order valence-corrected chi connectivity index (χ0v) is 12.2. The van der Waals surface area contributed by atoms with Crippen molar-refractivity contribution in [3.8, 4) is 6.07 Å². The van der Waals surface area contributed by atoms with Crippen molar-refractivity contribution in [3.05, 3.63) is 35.4 Å². The van der Waals surface area contributed by atoms with E-state index in [4.69, 9.17) is 5.26 Å². The Bertz CT molecular complexity index is 474. The van der Waals surface area contributed by atoms with Crippen molar-refractivity contribution in [2.45, 2.75) is 57.3 Å². The summed E-state index contributed by atoms with van der Waals surface area (Å²) in [6.07, 6.45) is 5.28. The van der Waals surface area contributed by atoms with Crippen LogP contribution in [0, 0.1) is 11.3 Å². The van der Waals surface area contributed by atoms with E-state index in [-0.39, 0.29) is 0 Å². The molecule has 2 saturated heterocycles. The molecule has 0 amide bonds. The number of fused-ring (bicyclic) bond motifs is 2. The molecule has 106 valence electrons. The maximum Gasteiger partial charge on any atom is 0.0991 e. The molecule has 2 fully saturated rings. The van der Waals surface area contributed by atoms with Crippen LogP contribution in [0.25, 0.3) is 0 Å². The molecule has 0 aliphatic carbocycles. The molecule has 0 radical (unpaired) electrons. The summed E-state index contributed by atoms with van der Waals surface area (Å²) < 4.78 is 0. The highest BCUT2D eigenvalue weighted by atomic mass is 15.2. The fourth-order valence-corrected chi connectivity index (χ4v) is 3.88. The fraction of sp³-hybridized carbons (Fsp3) is 0.588. The third-order valence-corrected chi connectivity index (χ3v) is 4.83. The maximum atomic E-state index is 8.86. The number of hydrogen-bond donors (Lipinski definition) is 1. The number of benzene rings is 1. The van der Waals surface area contributed by atoms with E-state index < -0.39 is 0 Å². The summed E-state index contributed by atoms with van der Waals surface area (Å²) in [7, 11) is 0. The van der Waals surface area contributed by atoms with Crippen molar-refractivity contribution >= 4 is 0 Å². The van der Waals surface area contributed by atoms with Crippen molar-refractivity contribution in [1.82, 2.24) is 10.2 Å². The second-order valence-electron chi connectivity index (χ2n) is 6.09. The molecule has 2 heterocycles. The van der Waals surface area contributed by atoms with Gasteiger partial charge in [0.1, 0.15) is 0 Å². The van der Waals surface area contributed by atoms with E-state index in [9.17, 15) is 0 Å². The number of piperidine rings is 1. The lowest BCUT2D eigenvalue weighted by Gasteiger charge is -2.39. The second-order valence-corrected chi connectivity index (χ2v) is 6.09. The highest BCUT2D eigenvalue weighted by Crippen LogP contribution is 2.36. The molecule has 0 spiro atoms. The van der Waals surface area contributed by atoms with Crippen LogP contribution in [0.1, 0.15) is 43.7 Å². The molecule has 1 N–H and O–H groups in total. The Morgan fingerprint density at radius 3 is 2.40 bits per heavy atom. The molecular formula is C17H23N3. The summed E-state index contributed by atoms with van der Waals surface area (Å²) in [5, 5.41) is 12.5. The average Bonchev–Trinajstić information content (AvgIpc) is 2.71. The van der Waals surface area contributed by atoms with Crippen molar-refractivity contribution in [2.75, 3.05) is 6.54 Å². The zero-order chi connectivity index (χ0) is 13.9. The van der Waals surface area contributed by atoms with Gasteiger partial charge in [0, 0.05) is 24.7 Å². The predicted octanol–water partition coefficient (Wildman–Crippen LogP) is 2.66. The third-order valence-electron chi connectivity index (χ3n) is 4.83. The Kier molecular flexibility index (Phi) is 4.05. The first kappa shape index (κ1) is 13.6. The van der Waals surface area contributed by atoms with Crippen molar-refractivity contribution < 1.29 is 0 Å². The van der Waals surface area contributed by atoms with Gasteiger partial charge in [-0.05, 0) is 49.9 Å². The Balaban J connectivity index is 1.65. The molecule has 2 unspecified atom stereocenters. The third kappa shape index (κ3) is 2.72. The van der Waals surface area contributed by atoms with Crippen LogP contribution in [0.2, 0.25) is 0 Å². The molecule has 1 aromatic carbocycles. The van der Waals surface area contributed by atoms with Crippen LogP contribution in [-0.2, 0) is 6.54 Å². The van der Waals surface area contributed by atoms with Gasteiger partial charge in [0.05, 0.1) is 11.6 Å². The van der Waals surface area contributed by atoms with Gasteiger partial charge >= 0.3 is 0 Å². The first-order valence-electron chi connectivity index (χ1n) is 7.78. The molecule has 2 atom stereocenters. The van der Waals surface area contributed by atoms with Crippen LogP contribution < -0.4 is 5.32 Å². The van der Waals surface area contributed by atoms with Gasteiger partial charge < -0.3 is 5.32 Å². The first-order chi connectivity index (χ1) is 9.80. The van der Waals surface area contributed by atoms with Crippen LogP contribution in [0.3, 0.4) is 0 Å². The molecule has 3 nitrogen and oxygen atoms in total. The van der Waals surface area contributed by atoms with Gasteiger partial charge in [0.15, 0.2) is 0 Å². The van der Waals surface area contributed by atoms with E-state index in [2.05, 4.69) is 35.3 Å². The molecule has 20 heavy (non-hydrogen) atoms. The Morgan fingerprint density at radius 2 is 1.85 bits per heavy atom. The van der Waals surface area contributed by atoms with Crippen molar-refractivity contribution in [2.24, 2.45) is 0 Å². The van der Waals surface area contributed by atoms with E-state index >= 15 is 0 Å². The van der Waals surface area contributed by atoms with Crippen LogP contribution >= 0.6 is 0 Å². The van der Waals surface area contributed by atoms with E-state index in [1.54, 1.807) is 0 Å². The smallest absolute Gasteiger partial charge is 0.0991 e. The van der Waals surface area contributed by atoms with E-state index in [1.165, 1.54) is 31.2 Å². The van der Waals surface area contributed by atoms with Gasteiger partial charge in [-0.2, -0.15) is 5.26 Å². The number of hydrogen-bond acceptors (Lipinski definition) is 3. The zero-order valence-electron chi connectivity index (χ0n) is 12.2. The molecular weight excluding hydrogens is 246 g/mol. The molecule has 3 rings (SSSR count). The second kappa shape index (κ2) is 5.95. The van der Waals surface area contributed by atoms with Crippen LogP contribution in [0.4, 0.5) is 0 Å². The van der Waals surface area contributed by atoms with Crippen LogP contribution in [0.5, 0.6) is 0 Å². The highest BCUT2D eigenvalue weighted by molar-refractivity contribution is 5.31. The molecule has 2 aliphatic rings. The number of nitrogens with one attached hydrogen (secondary N) is 1. The van der Waals surface area contributed by atoms with Gasteiger partial charge in [0.25, 0.3) is 0 Å². The molecule has 0 aromatic heterocycles. The van der Waals surface area contributed by atoms with Crippen molar-refractivity contribution in [1.29, 1.82) is 5.26 Å². The summed E-state index contributed by atoms with van der Waals surface area (Å²) >= 11 is 0. The number of nitrogens with zero attached hydrogens (tertiary/aromatic N) is 2. The van der Waals surface area contributed by atoms with E-state index in [0.29, 0.717) is 0 Å². The topological polar surface area (TPSA) is 39.1 Å². The van der Waals surface area contributed by atoms with Crippen molar-refractivity contribution in [3.63, 3.8) is 0 Å². The molecule has 2 bridgehead atoms. The normalized spacial score (nSPS) is 29.3. The number of rotatable bonds is 4. The minimum absolute atomic E-state index is 0.717. The SMILES string of the molecule is CCNC1CC2CCC(C1)N2Cc1ccc(C#N)cc1. The lowest BCUT2D eigenvalue weighted by molar-refractivity contribution is 0.110. The molecule has 3 heteroatoms. The summed E-state index contributed by atoms with van der Waals surface area (Å²) in [6.45, 7) is 4.32. The average molecular weight is 269 g/mol. The maximum absolute atomic E-state index is 8.86. The molecule has 0 saturated carbocycles. The predicted molar refractivity (Wildman–Crippen MR) is 80.2 cm³/mol. The summed E-state index contributed by atoms with van der Waals surface area (Å²) in [5.74, 6) is 0. The highest BCUT2D eigenvalue weighted by Gasteiger charge is 2.40. The van der Waals surface area contributed by atoms with Gasteiger partial charge in [-0.3, -0.25) is 4.90 Å². The minimum atomic E-state index is 0.717. The summed E-state index contributed by atoms with van der Waals surface area (Å²) in [5.41, 5.74) is 2.09. The van der Waals surface area contributed by atoms with Gasteiger partial charge in [0.2, 0.25) is 0 Å². The van der Waals surface area contributed by atoms with Gasteiger partial charge in [-0.1, -0.05) is 19.1 Å². The lowest BCUT2D eigenvalue weighted by Crippen LogP contribution is -2.48. The fourth-order valence-electron chi connectivity index (χ4n) is 3.88. The lowest BCUT2D eigenvalue weighted by atomic mass is 9.96. The minimum Gasteiger partial charge on any atom is -0.314 e. The summed E-state index contributed by atoms with van der Waals surface area (Å²) in [4.78, 5) is 2.69. The molecule has 1 aromatic rings. The Morgan fingerprint density at radius 1 is 1.20 bits per heavy atom. The quantitative estimate of drug-likeness (QED) is 0.913.